The average Bonchev–Trinajstić information content (AvgIpc) is 2.95. The van der Waals surface area contributed by atoms with Crippen molar-refractivity contribution in [2.45, 2.75) is 24.8 Å². The molecule has 1 aromatic carbocycles. The summed E-state index contributed by atoms with van der Waals surface area (Å²) in [5.74, 6) is 2.41. The van der Waals surface area contributed by atoms with Crippen LogP contribution in [-0.4, -0.2) is 23.4 Å². The SMILES string of the molecule is Cl.NC1(c2noc(-c3cc(Br)c4c(c3)OCCO4)n2)CCC1. The topological polar surface area (TPSA) is 83.4 Å². The third-order valence-electron chi connectivity index (χ3n) is 3.96. The number of aromatic nitrogens is 2. The zero-order valence-electron chi connectivity index (χ0n) is 11.7. The summed E-state index contributed by atoms with van der Waals surface area (Å²) in [7, 11) is 0. The lowest BCUT2D eigenvalue weighted by Gasteiger charge is -2.34. The molecule has 2 aliphatic rings. The number of benzene rings is 1. The molecule has 0 atom stereocenters. The molecule has 0 radical (unpaired) electrons. The summed E-state index contributed by atoms with van der Waals surface area (Å²) in [6.45, 7) is 1.08. The maximum Gasteiger partial charge on any atom is 0.258 e. The number of hydrogen-bond acceptors (Lipinski definition) is 6. The molecule has 0 spiro atoms. The number of hydrogen-bond donors (Lipinski definition) is 1. The first-order chi connectivity index (χ1) is 10.2. The second kappa shape index (κ2) is 5.72. The van der Waals surface area contributed by atoms with E-state index >= 15 is 0 Å². The molecule has 1 aromatic heterocycles. The fourth-order valence-electron chi connectivity index (χ4n) is 2.56. The van der Waals surface area contributed by atoms with Crippen LogP contribution in [-0.2, 0) is 5.54 Å². The predicted molar refractivity (Wildman–Crippen MR) is 85.4 cm³/mol. The molecule has 0 bridgehead atoms. The highest BCUT2D eigenvalue weighted by atomic mass is 79.9. The zero-order chi connectivity index (χ0) is 14.4. The van der Waals surface area contributed by atoms with Crippen LogP contribution in [0.5, 0.6) is 11.5 Å². The van der Waals surface area contributed by atoms with Crippen LogP contribution in [0, 0.1) is 0 Å². The number of ether oxygens (including phenoxy) is 2. The van der Waals surface area contributed by atoms with Gasteiger partial charge in [-0.25, -0.2) is 0 Å². The van der Waals surface area contributed by atoms with Crippen molar-refractivity contribution in [3.63, 3.8) is 0 Å². The van der Waals surface area contributed by atoms with Gasteiger partial charge in [0.15, 0.2) is 17.3 Å². The van der Waals surface area contributed by atoms with Crippen LogP contribution in [0.2, 0.25) is 0 Å². The fourth-order valence-corrected chi connectivity index (χ4v) is 3.12. The summed E-state index contributed by atoms with van der Waals surface area (Å²) in [5.41, 5.74) is 6.58. The lowest BCUT2D eigenvalue weighted by Crippen LogP contribution is -2.44. The van der Waals surface area contributed by atoms with E-state index in [1.807, 2.05) is 12.1 Å². The minimum Gasteiger partial charge on any atom is -0.486 e. The standard InChI is InChI=1S/C14H14BrN3O3.ClH/c15-9-6-8(7-10-11(9)20-5-4-19-10)12-17-13(18-21-12)14(16)2-1-3-14;/h6-7H,1-5,16H2;1H. The maximum atomic E-state index is 6.22. The number of fused-ring (bicyclic) bond motifs is 1. The van der Waals surface area contributed by atoms with Crippen LogP contribution in [0.4, 0.5) is 0 Å². The van der Waals surface area contributed by atoms with Gasteiger partial charge in [-0.15, -0.1) is 12.4 Å². The molecule has 22 heavy (non-hydrogen) atoms. The number of nitrogens with two attached hydrogens (primary N) is 1. The van der Waals surface area contributed by atoms with Gasteiger partial charge >= 0.3 is 0 Å². The Hall–Kier alpha value is -1.31. The quantitative estimate of drug-likeness (QED) is 0.851. The number of rotatable bonds is 2. The van der Waals surface area contributed by atoms with Crippen molar-refractivity contribution >= 4 is 28.3 Å². The van der Waals surface area contributed by atoms with Gasteiger partial charge in [0.1, 0.15) is 13.2 Å². The first-order valence-corrected chi connectivity index (χ1v) is 7.68. The van der Waals surface area contributed by atoms with Gasteiger partial charge in [-0.3, -0.25) is 0 Å². The molecule has 8 heteroatoms. The molecule has 2 heterocycles. The highest BCUT2D eigenvalue weighted by molar-refractivity contribution is 9.10. The van der Waals surface area contributed by atoms with E-state index in [-0.39, 0.29) is 12.4 Å². The van der Waals surface area contributed by atoms with E-state index in [1.54, 1.807) is 0 Å². The van der Waals surface area contributed by atoms with Gasteiger partial charge in [0, 0.05) is 5.56 Å². The van der Waals surface area contributed by atoms with E-state index in [0.29, 0.717) is 36.4 Å². The molecular formula is C14H15BrClN3O3. The molecule has 2 aromatic rings. The van der Waals surface area contributed by atoms with Crippen LogP contribution in [0.1, 0.15) is 25.1 Å². The van der Waals surface area contributed by atoms with Crippen LogP contribution in [0.3, 0.4) is 0 Å². The zero-order valence-corrected chi connectivity index (χ0v) is 14.1. The Bertz CT molecular complexity index is 703. The van der Waals surface area contributed by atoms with E-state index in [1.165, 1.54) is 0 Å². The normalized spacial score (nSPS) is 18.3. The first-order valence-electron chi connectivity index (χ1n) is 6.88. The van der Waals surface area contributed by atoms with Crippen molar-refractivity contribution in [1.29, 1.82) is 0 Å². The van der Waals surface area contributed by atoms with Crippen molar-refractivity contribution in [2.75, 3.05) is 13.2 Å². The predicted octanol–water partition coefficient (Wildman–Crippen LogP) is 3.03. The minimum atomic E-state index is -0.424. The largest absolute Gasteiger partial charge is 0.486 e. The van der Waals surface area contributed by atoms with Crippen molar-refractivity contribution in [3.8, 4) is 23.0 Å². The van der Waals surface area contributed by atoms with Crippen molar-refractivity contribution in [3.05, 3.63) is 22.4 Å². The molecule has 0 saturated heterocycles. The van der Waals surface area contributed by atoms with Gasteiger partial charge in [0.05, 0.1) is 10.0 Å². The first kappa shape index (κ1) is 15.6. The molecule has 1 saturated carbocycles. The Morgan fingerprint density at radius 3 is 2.68 bits per heavy atom. The van der Waals surface area contributed by atoms with Crippen LogP contribution in [0.15, 0.2) is 21.1 Å². The average molecular weight is 389 g/mol. The van der Waals surface area contributed by atoms with E-state index in [2.05, 4.69) is 26.1 Å². The van der Waals surface area contributed by atoms with Gasteiger partial charge < -0.3 is 19.7 Å². The van der Waals surface area contributed by atoms with Gasteiger partial charge in [0.25, 0.3) is 5.89 Å². The van der Waals surface area contributed by atoms with Crippen LogP contribution >= 0.6 is 28.3 Å². The van der Waals surface area contributed by atoms with Crippen LogP contribution < -0.4 is 15.2 Å². The Morgan fingerprint density at radius 2 is 1.95 bits per heavy atom. The summed E-state index contributed by atoms with van der Waals surface area (Å²) >= 11 is 3.48. The molecule has 118 valence electrons. The molecule has 1 aliphatic heterocycles. The van der Waals surface area contributed by atoms with E-state index < -0.39 is 5.54 Å². The molecule has 4 rings (SSSR count). The second-order valence-corrected chi connectivity index (χ2v) is 6.27. The third kappa shape index (κ3) is 2.47. The Morgan fingerprint density at radius 1 is 1.18 bits per heavy atom. The Labute approximate surface area is 141 Å². The van der Waals surface area contributed by atoms with Gasteiger partial charge in [0.2, 0.25) is 0 Å². The minimum absolute atomic E-state index is 0. The van der Waals surface area contributed by atoms with E-state index in [0.717, 1.165) is 29.3 Å². The summed E-state index contributed by atoms with van der Waals surface area (Å²) in [4.78, 5) is 4.44. The lowest BCUT2D eigenvalue weighted by molar-refractivity contribution is 0.170. The number of halogens is 2. The van der Waals surface area contributed by atoms with Gasteiger partial charge in [-0.1, -0.05) is 5.16 Å². The van der Waals surface area contributed by atoms with Crippen LogP contribution in [0.25, 0.3) is 11.5 Å². The summed E-state index contributed by atoms with van der Waals surface area (Å²) < 4.78 is 17.3. The summed E-state index contributed by atoms with van der Waals surface area (Å²) in [5, 5.41) is 4.03. The Kier molecular flexibility index (Phi) is 4.05. The maximum absolute atomic E-state index is 6.22. The molecular weight excluding hydrogens is 374 g/mol. The molecule has 0 unspecified atom stereocenters. The number of nitrogens with zero attached hydrogens (tertiary/aromatic N) is 2. The molecule has 2 N–H and O–H groups in total. The van der Waals surface area contributed by atoms with Crippen molar-refractivity contribution in [1.82, 2.24) is 10.1 Å². The molecule has 6 nitrogen and oxygen atoms in total. The summed E-state index contributed by atoms with van der Waals surface area (Å²) in [6, 6.07) is 3.73. The van der Waals surface area contributed by atoms with E-state index in [4.69, 9.17) is 19.7 Å². The van der Waals surface area contributed by atoms with E-state index in [9.17, 15) is 0 Å². The van der Waals surface area contributed by atoms with Gasteiger partial charge in [-0.05, 0) is 47.3 Å². The third-order valence-corrected chi connectivity index (χ3v) is 4.55. The highest BCUT2D eigenvalue weighted by Gasteiger charge is 2.39. The smallest absolute Gasteiger partial charge is 0.258 e. The van der Waals surface area contributed by atoms with Gasteiger partial charge in [-0.2, -0.15) is 4.98 Å². The molecule has 1 aliphatic carbocycles. The Balaban J connectivity index is 0.00000144. The molecule has 0 amide bonds. The molecule has 1 fully saturated rings. The highest BCUT2D eigenvalue weighted by Crippen LogP contribution is 2.42. The van der Waals surface area contributed by atoms with Crippen molar-refractivity contribution < 1.29 is 14.0 Å². The monoisotopic (exact) mass is 387 g/mol. The second-order valence-electron chi connectivity index (χ2n) is 5.42. The summed E-state index contributed by atoms with van der Waals surface area (Å²) in [6.07, 6.45) is 2.91. The lowest BCUT2D eigenvalue weighted by atomic mass is 9.77. The fraction of sp³-hybridized carbons (Fsp3) is 0.429. The van der Waals surface area contributed by atoms with Crippen molar-refractivity contribution in [2.24, 2.45) is 5.73 Å².